The van der Waals surface area contributed by atoms with Crippen LogP contribution < -0.4 is 24.7 Å². The highest BCUT2D eigenvalue weighted by molar-refractivity contribution is 6.65. The lowest BCUT2D eigenvalue weighted by Gasteiger charge is -2.36. The molecule has 0 amide bonds. The fraction of sp³-hybridized carbons (Fsp3) is 0.275. The van der Waals surface area contributed by atoms with Gasteiger partial charge in [-0.2, -0.15) is 0 Å². The van der Waals surface area contributed by atoms with Crippen LogP contribution in [0.4, 0.5) is 0 Å². The van der Waals surface area contributed by atoms with E-state index < -0.39 is 47.4 Å². The number of nitrogens with zero attached hydrogens (tertiary/aromatic N) is 1. The number of hydrogen-bond donors (Lipinski definition) is 4. The second-order valence-electron chi connectivity index (χ2n) is 15.8. The van der Waals surface area contributed by atoms with Gasteiger partial charge < -0.3 is 53.9 Å². The maximum absolute atomic E-state index is 13.5. The summed E-state index contributed by atoms with van der Waals surface area (Å²) in [6.45, 7) is 1.29. The van der Waals surface area contributed by atoms with E-state index in [1.54, 1.807) is 0 Å². The van der Waals surface area contributed by atoms with E-state index in [0.29, 0.717) is 80.0 Å². The molecule has 2 radical (unpaired) electrons. The van der Waals surface area contributed by atoms with Gasteiger partial charge in [-0.05, 0) is 48.6 Å². The summed E-state index contributed by atoms with van der Waals surface area (Å²) in [5.74, 6) is -2.51. The van der Waals surface area contributed by atoms with Crippen LogP contribution in [0.5, 0.6) is 17.2 Å². The van der Waals surface area contributed by atoms with Gasteiger partial charge in [-0.1, -0.05) is 115 Å². The van der Waals surface area contributed by atoms with Gasteiger partial charge >= 0.3 is 23.9 Å². The molecule has 18 heteroatoms. The van der Waals surface area contributed by atoms with Crippen molar-refractivity contribution in [3.8, 4) is 17.2 Å². The molecule has 0 bridgehead atoms. The number of aliphatic carboxylic acids is 2. The molecule has 4 N–H and O–H groups in total. The van der Waals surface area contributed by atoms with E-state index in [0.717, 1.165) is 37.1 Å². The van der Waals surface area contributed by atoms with Crippen LogP contribution >= 0.6 is 0 Å². The van der Waals surface area contributed by atoms with Crippen LogP contribution in [0, 0.1) is 0 Å². The molecule has 69 heavy (non-hydrogen) atoms. The molecule has 5 aromatic carbocycles. The van der Waals surface area contributed by atoms with Crippen molar-refractivity contribution in [2.24, 2.45) is 4.99 Å². The van der Waals surface area contributed by atoms with Crippen molar-refractivity contribution >= 4 is 56.8 Å². The average Bonchev–Trinajstić information content (AvgIpc) is 3.39. The molecule has 16 nitrogen and oxygen atoms in total. The summed E-state index contributed by atoms with van der Waals surface area (Å²) < 4.78 is 27.2. The number of carbonyl (C=O) groups is 6. The first-order valence-corrected chi connectivity index (χ1v) is 22.1. The topological polar surface area (TPSA) is 225 Å². The van der Waals surface area contributed by atoms with E-state index in [1.165, 1.54) is 14.2 Å². The minimum absolute atomic E-state index is 0.205. The lowest BCUT2D eigenvalue weighted by Crippen LogP contribution is -2.53. The van der Waals surface area contributed by atoms with Crippen LogP contribution in [-0.4, -0.2) is 119 Å². The second-order valence-corrected chi connectivity index (χ2v) is 15.8. The first-order chi connectivity index (χ1) is 33.6. The fourth-order valence-electron chi connectivity index (χ4n) is 8.73. The van der Waals surface area contributed by atoms with Crippen molar-refractivity contribution in [1.82, 2.24) is 10.5 Å². The number of para-hydroxylation sites is 3. The lowest BCUT2D eigenvalue weighted by atomic mass is 9.75. The summed E-state index contributed by atoms with van der Waals surface area (Å²) in [6, 6.07) is 39.4. The van der Waals surface area contributed by atoms with Gasteiger partial charge in [0.2, 0.25) is 0 Å². The molecule has 3 aliphatic rings. The third-order valence-corrected chi connectivity index (χ3v) is 11.9. The molecule has 5 aromatic rings. The maximum Gasteiger partial charge on any atom is 0.346 e. The number of carboxylic acids is 2. The van der Waals surface area contributed by atoms with E-state index in [9.17, 15) is 39.0 Å². The van der Waals surface area contributed by atoms with Crippen molar-refractivity contribution in [3.05, 3.63) is 161 Å². The number of methoxy groups -OCH3 is 2. The molecular formula is C51H51B2N3O13. The normalized spacial score (nSPS) is 17.2. The monoisotopic (exact) mass is 935 g/mol. The third kappa shape index (κ3) is 12.1. The summed E-state index contributed by atoms with van der Waals surface area (Å²) in [4.78, 5) is 75.1. The van der Waals surface area contributed by atoms with E-state index in [-0.39, 0.29) is 11.8 Å². The minimum Gasteiger partial charge on any atom is -0.493 e. The molecule has 5 atom stereocenters. The molecule has 8 rings (SSSR count). The zero-order valence-corrected chi connectivity index (χ0v) is 38.0. The SMILES string of the molecule is COC(=O)C(N=C(c1ccccc1)c1ccccc1)(C(=O)OC)C1CCOc2ccccc21.O=C[B]N[C@@H](C(=O)O)C1CCOc2ccccc21.O=C[B]N[C@H](C(=O)O)C1CCOc2ccccc21. The maximum atomic E-state index is 13.5. The van der Waals surface area contributed by atoms with E-state index in [1.807, 2.05) is 133 Å². The predicted octanol–water partition coefficient (Wildman–Crippen LogP) is 4.98. The standard InChI is InChI=1S/C27H25NO5.2C12H13BNO4/c1-31-25(29)27(26(30)32-2,22-17-18-33-23-16-10-9-15-21(22)23)28-24(19-11-5-3-6-12-19)20-13-7-4-8-14-20;2*15-7-13-14-11(12(16)17)9-5-6-18-10-4-2-1-3-8(9)10/h3-16,22H,17-18H2,1-2H3;2*1-4,7,9,11,14H,5-6H2,(H,16,17)/t;2*9?,11-/m.10/s1. The van der Waals surface area contributed by atoms with E-state index in [4.69, 9.17) is 28.7 Å². The molecule has 0 saturated carbocycles. The summed E-state index contributed by atoms with van der Waals surface area (Å²) in [7, 11) is 4.75. The Kier molecular flexibility index (Phi) is 18.4. The Balaban J connectivity index is 0.000000184. The van der Waals surface area contributed by atoms with Crippen molar-refractivity contribution in [3.63, 3.8) is 0 Å². The van der Waals surface area contributed by atoms with Crippen molar-refractivity contribution in [1.29, 1.82) is 0 Å². The molecule has 0 saturated heterocycles. The molecule has 3 heterocycles. The van der Waals surface area contributed by atoms with Gasteiger partial charge in [-0.25, -0.2) is 9.59 Å². The van der Waals surface area contributed by atoms with Gasteiger partial charge in [0, 0.05) is 34.4 Å². The van der Waals surface area contributed by atoms with E-state index in [2.05, 4.69) is 10.5 Å². The smallest absolute Gasteiger partial charge is 0.346 e. The van der Waals surface area contributed by atoms with Gasteiger partial charge in [0.1, 0.15) is 29.3 Å². The zero-order valence-electron chi connectivity index (χ0n) is 38.0. The number of aliphatic imine (C=N–C) groups is 1. The minimum atomic E-state index is -1.95. The Labute approximate surface area is 400 Å². The van der Waals surface area contributed by atoms with Crippen LogP contribution in [0.1, 0.15) is 64.8 Å². The molecule has 354 valence electrons. The largest absolute Gasteiger partial charge is 0.493 e. The number of esters is 2. The predicted molar refractivity (Wildman–Crippen MR) is 257 cm³/mol. The Morgan fingerprint density at radius 2 is 0.942 bits per heavy atom. The number of carbonyl (C=O) groups excluding carboxylic acids is 4. The zero-order chi connectivity index (χ0) is 49.2. The van der Waals surface area contributed by atoms with Crippen LogP contribution in [0.2, 0.25) is 0 Å². The second kappa shape index (κ2) is 25.0. The van der Waals surface area contributed by atoms with Crippen LogP contribution in [0.15, 0.2) is 138 Å². The first kappa shape index (κ1) is 50.8. The van der Waals surface area contributed by atoms with Crippen molar-refractivity contribution in [2.75, 3.05) is 34.0 Å². The number of hydrogen-bond acceptors (Lipinski definition) is 14. The molecule has 0 aliphatic carbocycles. The highest BCUT2D eigenvalue weighted by atomic mass is 16.5. The summed E-state index contributed by atoms with van der Waals surface area (Å²) in [6.07, 6.45) is 2.69. The van der Waals surface area contributed by atoms with Gasteiger partial charge in [-0.15, -0.1) is 0 Å². The number of carboxylic acid groups (broad SMARTS) is 2. The van der Waals surface area contributed by atoms with Gasteiger partial charge in [0.05, 0.1) is 52.1 Å². The number of rotatable bonds is 16. The van der Waals surface area contributed by atoms with Gasteiger partial charge in [0.15, 0.2) is 0 Å². The van der Waals surface area contributed by atoms with Crippen LogP contribution in [-0.2, 0) is 38.2 Å². The molecule has 0 spiro atoms. The van der Waals surface area contributed by atoms with Crippen LogP contribution in [0.3, 0.4) is 0 Å². The summed E-state index contributed by atoms with van der Waals surface area (Å²) >= 11 is 0. The number of nitrogens with one attached hydrogen (secondary N) is 2. The molecule has 0 fully saturated rings. The Morgan fingerprint density at radius 3 is 1.33 bits per heavy atom. The van der Waals surface area contributed by atoms with Gasteiger partial charge in [-0.3, -0.25) is 14.6 Å². The highest BCUT2D eigenvalue weighted by Gasteiger charge is 2.57. The van der Waals surface area contributed by atoms with Crippen LogP contribution in [0.25, 0.3) is 0 Å². The van der Waals surface area contributed by atoms with E-state index >= 15 is 0 Å². The molecule has 3 aliphatic heterocycles. The molecule has 0 aromatic heterocycles. The fourth-order valence-corrected chi connectivity index (χ4v) is 8.73. The molecular weight excluding hydrogens is 884 g/mol. The lowest BCUT2D eigenvalue weighted by molar-refractivity contribution is -0.162. The van der Waals surface area contributed by atoms with Gasteiger partial charge in [0.25, 0.3) is 20.4 Å². The number of fused-ring (bicyclic) bond motifs is 3. The van der Waals surface area contributed by atoms with Crippen molar-refractivity contribution < 1.29 is 62.7 Å². The van der Waals surface area contributed by atoms with Crippen molar-refractivity contribution in [2.45, 2.75) is 54.6 Å². The molecule has 3 unspecified atom stereocenters. The Bertz CT molecular complexity index is 2440. The quantitative estimate of drug-likeness (QED) is 0.0337. The summed E-state index contributed by atoms with van der Waals surface area (Å²) in [5.41, 5.74) is 2.51. The third-order valence-electron chi connectivity index (χ3n) is 11.9. The first-order valence-electron chi connectivity index (χ1n) is 22.1. The highest BCUT2D eigenvalue weighted by Crippen LogP contribution is 2.44. The number of ether oxygens (including phenoxy) is 5. The Hall–Kier alpha value is -7.56. The summed E-state index contributed by atoms with van der Waals surface area (Å²) in [5, 5.41) is 23.7. The average molecular weight is 936 g/mol. The Morgan fingerprint density at radius 1 is 0.580 bits per heavy atom. The number of benzene rings is 5.